The van der Waals surface area contributed by atoms with Gasteiger partial charge in [0.05, 0.1) is 12.9 Å². The summed E-state index contributed by atoms with van der Waals surface area (Å²) in [6.45, 7) is -0.217. The number of imidazole rings is 1. The molecule has 4 rings (SSSR count). The van der Waals surface area contributed by atoms with Crippen molar-refractivity contribution in [2.24, 2.45) is 0 Å². The van der Waals surface area contributed by atoms with Crippen molar-refractivity contribution in [1.82, 2.24) is 19.5 Å². The Labute approximate surface area is 153 Å². The first kappa shape index (κ1) is 17.7. The van der Waals surface area contributed by atoms with Crippen molar-refractivity contribution >= 4 is 17.0 Å². The molecule has 2 aromatic heterocycles. The fraction of sp³-hybridized carbons (Fsp3) is 0.353. The highest BCUT2D eigenvalue weighted by molar-refractivity contribution is 5.82. The van der Waals surface area contributed by atoms with E-state index < -0.39 is 31.1 Å². The zero-order valence-electron chi connectivity index (χ0n) is 14.1. The highest BCUT2D eigenvalue weighted by Gasteiger charge is 2.44. The molecule has 9 nitrogen and oxygen atoms in total. The molecule has 0 unspecified atom stereocenters. The lowest BCUT2D eigenvalue weighted by Crippen LogP contribution is -2.33. The zero-order valence-corrected chi connectivity index (χ0v) is 14.1. The molecule has 0 saturated carbocycles. The Hall–Kier alpha value is -2.66. The number of ether oxygens (including phenoxy) is 1. The highest BCUT2D eigenvalue weighted by Crippen LogP contribution is 2.32. The van der Waals surface area contributed by atoms with Crippen LogP contribution in [0, 0.1) is 5.82 Å². The normalized spacial score (nSPS) is 25.2. The molecule has 10 heteroatoms. The second-order valence-electron chi connectivity index (χ2n) is 6.22. The van der Waals surface area contributed by atoms with E-state index in [2.05, 4.69) is 20.3 Å². The van der Waals surface area contributed by atoms with Gasteiger partial charge in [-0.15, -0.1) is 0 Å². The molecule has 4 N–H and O–H groups in total. The minimum atomic E-state index is -1.25. The summed E-state index contributed by atoms with van der Waals surface area (Å²) in [5, 5.41) is 32.4. The number of aliphatic hydroxyl groups excluding tert-OH is 3. The number of hydrogen-bond acceptors (Lipinski definition) is 8. The van der Waals surface area contributed by atoms with Gasteiger partial charge in [-0.05, 0) is 6.07 Å². The molecule has 27 heavy (non-hydrogen) atoms. The number of rotatable bonds is 5. The largest absolute Gasteiger partial charge is 0.394 e. The summed E-state index contributed by atoms with van der Waals surface area (Å²) < 4.78 is 20.8. The Morgan fingerprint density at radius 1 is 1.15 bits per heavy atom. The van der Waals surface area contributed by atoms with Crippen LogP contribution in [0.4, 0.5) is 10.2 Å². The monoisotopic (exact) mass is 375 g/mol. The van der Waals surface area contributed by atoms with Crippen LogP contribution in [0.3, 0.4) is 0 Å². The van der Waals surface area contributed by atoms with Crippen molar-refractivity contribution in [3.05, 3.63) is 48.3 Å². The lowest BCUT2D eigenvalue weighted by atomic mass is 10.1. The molecule has 0 amide bonds. The third-order valence-corrected chi connectivity index (χ3v) is 4.55. The number of nitrogens with one attached hydrogen (secondary N) is 1. The Bertz CT molecular complexity index is 952. The van der Waals surface area contributed by atoms with Crippen molar-refractivity contribution in [3.8, 4) is 0 Å². The van der Waals surface area contributed by atoms with Crippen LogP contribution in [0.1, 0.15) is 11.8 Å². The van der Waals surface area contributed by atoms with Gasteiger partial charge in [-0.25, -0.2) is 19.3 Å². The minimum Gasteiger partial charge on any atom is -0.394 e. The second kappa shape index (κ2) is 7.16. The van der Waals surface area contributed by atoms with Crippen LogP contribution in [-0.2, 0) is 11.3 Å². The number of nitrogens with zero attached hydrogens (tertiary/aromatic N) is 4. The third kappa shape index (κ3) is 3.12. The van der Waals surface area contributed by atoms with E-state index in [-0.39, 0.29) is 12.4 Å². The molecule has 1 fully saturated rings. The standard InChI is InChI=1S/C17H18FN5O4/c18-10-4-2-1-3-9(10)5-19-15-12-16(21-7-20-15)23(8-22-12)17-14(26)13(25)11(6-24)27-17/h1-4,7-8,11,13-14,17,24-26H,5-6H2,(H,19,20,21)/t11-,13-,14+,17-/m1/s1. The van der Waals surface area contributed by atoms with Crippen LogP contribution in [0.15, 0.2) is 36.9 Å². The molecule has 0 radical (unpaired) electrons. The summed E-state index contributed by atoms with van der Waals surface area (Å²) in [6.07, 6.45) is -1.60. The number of fused-ring (bicyclic) bond motifs is 1. The molecule has 3 heterocycles. The summed E-state index contributed by atoms with van der Waals surface area (Å²) in [4.78, 5) is 12.6. The number of hydrogen-bond donors (Lipinski definition) is 4. The molecule has 1 aliphatic heterocycles. The first-order chi connectivity index (χ1) is 13.1. The maximum absolute atomic E-state index is 13.8. The first-order valence-corrected chi connectivity index (χ1v) is 8.37. The van der Waals surface area contributed by atoms with Crippen molar-refractivity contribution in [1.29, 1.82) is 0 Å². The second-order valence-corrected chi connectivity index (χ2v) is 6.22. The number of halogens is 1. The third-order valence-electron chi connectivity index (χ3n) is 4.55. The molecule has 142 valence electrons. The average Bonchev–Trinajstić information content (AvgIpc) is 3.23. The fourth-order valence-electron chi connectivity index (χ4n) is 3.10. The van der Waals surface area contributed by atoms with Crippen LogP contribution in [-0.4, -0.2) is 59.8 Å². The molecule has 1 aliphatic rings. The van der Waals surface area contributed by atoms with Gasteiger partial charge in [-0.2, -0.15) is 0 Å². The predicted molar refractivity (Wildman–Crippen MR) is 92.1 cm³/mol. The SMILES string of the molecule is OC[C@H]1O[C@@H](n2cnc3c(NCc4ccccc4F)ncnc32)[C@@H](O)[C@@H]1O. The molecule has 0 bridgehead atoms. The molecular weight excluding hydrogens is 357 g/mol. The van der Waals surface area contributed by atoms with Crippen molar-refractivity contribution in [2.45, 2.75) is 31.1 Å². The van der Waals surface area contributed by atoms with Gasteiger partial charge in [0.15, 0.2) is 23.2 Å². The topological polar surface area (TPSA) is 126 Å². The highest BCUT2D eigenvalue weighted by atomic mass is 19.1. The van der Waals surface area contributed by atoms with Crippen molar-refractivity contribution < 1.29 is 24.4 Å². The van der Waals surface area contributed by atoms with E-state index in [9.17, 15) is 19.7 Å². The molecule has 1 aromatic carbocycles. The van der Waals surface area contributed by atoms with E-state index in [1.54, 1.807) is 18.2 Å². The molecule has 4 atom stereocenters. The van der Waals surface area contributed by atoms with E-state index in [4.69, 9.17) is 4.74 Å². The lowest BCUT2D eigenvalue weighted by Gasteiger charge is -2.16. The minimum absolute atomic E-state index is 0.208. The van der Waals surface area contributed by atoms with Crippen LogP contribution in [0.2, 0.25) is 0 Å². The van der Waals surface area contributed by atoms with Crippen molar-refractivity contribution in [3.63, 3.8) is 0 Å². The fourth-order valence-corrected chi connectivity index (χ4v) is 3.10. The average molecular weight is 375 g/mol. The molecule has 1 saturated heterocycles. The van der Waals surface area contributed by atoms with E-state index in [1.165, 1.54) is 23.3 Å². The smallest absolute Gasteiger partial charge is 0.167 e. The van der Waals surface area contributed by atoms with E-state index in [0.717, 1.165) is 0 Å². The van der Waals surface area contributed by atoms with Crippen LogP contribution in [0.25, 0.3) is 11.2 Å². The van der Waals surface area contributed by atoms with Gasteiger partial charge in [0.2, 0.25) is 0 Å². The Balaban J connectivity index is 1.61. The summed E-state index contributed by atoms with van der Waals surface area (Å²) >= 11 is 0. The Morgan fingerprint density at radius 3 is 2.70 bits per heavy atom. The molecular formula is C17H18FN5O4. The van der Waals surface area contributed by atoms with Crippen molar-refractivity contribution in [2.75, 3.05) is 11.9 Å². The van der Waals surface area contributed by atoms with Gasteiger partial charge in [-0.1, -0.05) is 18.2 Å². The number of benzene rings is 1. The number of aliphatic hydroxyl groups is 3. The Kier molecular flexibility index (Phi) is 4.70. The molecule has 3 aromatic rings. The van der Waals surface area contributed by atoms with Gasteiger partial charge >= 0.3 is 0 Å². The summed E-state index contributed by atoms with van der Waals surface area (Å²) in [7, 11) is 0. The van der Waals surface area contributed by atoms with Gasteiger partial charge < -0.3 is 25.4 Å². The van der Waals surface area contributed by atoms with Gasteiger partial charge in [0.1, 0.15) is 30.5 Å². The summed E-state index contributed by atoms with van der Waals surface area (Å²) in [6, 6.07) is 6.40. The Morgan fingerprint density at radius 2 is 1.96 bits per heavy atom. The van der Waals surface area contributed by atoms with Gasteiger partial charge in [0, 0.05) is 12.1 Å². The van der Waals surface area contributed by atoms with E-state index in [1.807, 2.05) is 0 Å². The quantitative estimate of drug-likeness (QED) is 0.498. The maximum atomic E-state index is 13.8. The van der Waals surface area contributed by atoms with Crippen LogP contribution in [0.5, 0.6) is 0 Å². The predicted octanol–water partition coefficient (Wildman–Crippen LogP) is 0.189. The number of anilines is 1. The van der Waals surface area contributed by atoms with E-state index in [0.29, 0.717) is 22.5 Å². The maximum Gasteiger partial charge on any atom is 0.167 e. The molecule has 0 spiro atoms. The van der Waals surface area contributed by atoms with Gasteiger partial charge in [0.25, 0.3) is 0 Å². The van der Waals surface area contributed by atoms with E-state index >= 15 is 0 Å². The molecule has 0 aliphatic carbocycles. The van der Waals surface area contributed by atoms with Crippen LogP contribution >= 0.6 is 0 Å². The summed E-state index contributed by atoms with van der Waals surface area (Å²) in [5.74, 6) is 0.0705. The first-order valence-electron chi connectivity index (χ1n) is 8.37. The lowest BCUT2D eigenvalue weighted by molar-refractivity contribution is -0.0511. The summed E-state index contributed by atoms with van der Waals surface area (Å²) in [5.41, 5.74) is 1.26. The van der Waals surface area contributed by atoms with Gasteiger partial charge in [-0.3, -0.25) is 4.57 Å². The van der Waals surface area contributed by atoms with Crippen LogP contribution < -0.4 is 5.32 Å². The zero-order chi connectivity index (χ0) is 19.0. The number of aromatic nitrogens is 4.